The lowest BCUT2D eigenvalue weighted by Gasteiger charge is -2.34. The highest BCUT2D eigenvalue weighted by molar-refractivity contribution is 8.00. The molecule has 0 spiro atoms. The van der Waals surface area contributed by atoms with Gasteiger partial charge in [0, 0.05) is 10.8 Å². The van der Waals surface area contributed by atoms with Gasteiger partial charge in [-0.15, -0.1) is 0 Å². The zero-order valence-corrected chi connectivity index (χ0v) is 11.7. The van der Waals surface area contributed by atoms with Gasteiger partial charge in [-0.05, 0) is 44.0 Å². The summed E-state index contributed by atoms with van der Waals surface area (Å²) >= 11 is 2.15. The van der Waals surface area contributed by atoms with Gasteiger partial charge in [-0.2, -0.15) is 11.8 Å². The van der Waals surface area contributed by atoms with Gasteiger partial charge < -0.3 is 5.32 Å². The van der Waals surface area contributed by atoms with Crippen molar-refractivity contribution in [2.45, 2.75) is 43.9 Å². The minimum atomic E-state index is 0.422. The Labute approximate surface area is 109 Å². The van der Waals surface area contributed by atoms with E-state index in [1.807, 2.05) is 0 Å². The summed E-state index contributed by atoms with van der Waals surface area (Å²) in [7, 11) is 0. The highest BCUT2D eigenvalue weighted by Crippen LogP contribution is 2.41. The van der Waals surface area contributed by atoms with Crippen LogP contribution in [0, 0.1) is 0 Å². The van der Waals surface area contributed by atoms with E-state index in [2.05, 4.69) is 61.3 Å². The second-order valence-electron chi connectivity index (χ2n) is 5.06. The van der Waals surface area contributed by atoms with E-state index < -0.39 is 0 Å². The van der Waals surface area contributed by atoms with Crippen molar-refractivity contribution in [1.82, 2.24) is 5.32 Å². The summed E-state index contributed by atoms with van der Waals surface area (Å²) in [6, 6.07) is 11.5. The first-order valence-corrected chi connectivity index (χ1v) is 7.64. The van der Waals surface area contributed by atoms with E-state index in [0.29, 0.717) is 10.8 Å². The Hall–Kier alpha value is -0.470. The molecule has 0 aromatic heterocycles. The maximum atomic E-state index is 3.69. The molecule has 0 bridgehead atoms. The summed E-state index contributed by atoms with van der Waals surface area (Å²) in [6.07, 6.45) is 3.87. The lowest BCUT2D eigenvalue weighted by Crippen LogP contribution is -2.46. The van der Waals surface area contributed by atoms with Gasteiger partial charge in [-0.25, -0.2) is 0 Å². The van der Waals surface area contributed by atoms with Crippen LogP contribution in [0.2, 0.25) is 0 Å². The van der Waals surface area contributed by atoms with Gasteiger partial charge in [-0.1, -0.05) is 37.3 Å². The van der Waals surface area contributed by atoms with Crippen LogP contribution < -0.4 is 5.32 Å². The van der Waals surface area contributed by atoms with E-state index >= 15 is 0 Å². The third-order valence-electron chi connectivity index (χ3n) is 3.72. The van der Waals surface area contributed by atoms with Crippen molar-refractivity contribution in [1.29, 1.82) is 0 Å². The third kappa shape index (κ3) is 3.26. The quantitative estimate of drug-likeness (QED) is 0.857. The predicted molar refractivity (Wildman–Crippen MR) is 77.7 cm³/mol. The SMILES string of the molecule is CCNC(Cc1ccccc1)C1(C)CCCS1. The first kappa shape index (κ1) is 13.0. The van der Waals surface area contributed by atoms with Crippen molar-refractivity contribution < 1.29 is 0 Å². The smallest absolute Gasteiger partial charge is 0.0288 e. The van der Waals surface area contributed by atoms with E-state index in [0.717, 1.165) is 13.0 Å². The van der Waals surface area contributed by atoms with Crippen LogP contribution in [0.4, 0.5) is 0 Å². The third-order valence-corrected chi connectivity index (χ3v) is 5.36. The van der Waals surface area contributed by atoms with E-state index in [1.54, 1.807) is 0 Å². The Balaban J connectivity index is 2.07. The number of benzene rings is 1. The normalized spacial score (nSPS) is 26.0. The molecule has 1 nitrogen and oxygen atoms in total. The fourth-order valence-electron chi connectivity index (χ4n) is 2.68. The fourth-order valence-corrected chi connectivity index (χ4v) is 4.09. The van der Waals surface area contributed by atoms with Crippen LogP contribution in [0.1, 0.15) is 32.3 Å². The van der Waals surface area contributed by atoms with Gasteiger partial charge in [0.05, 0.1) is 0 Å². The van der Waals surface area contributed by atoms with Crippen molar-refractivity contribution in [3.05, 3.63) is 35.9 Å². The van der Waals surface area contributed by atoms with Crippen molar-refractivity contribution in [3.8, 4) is 0 Å². The van der Waals surface area contributed by atoms with Crippen LogP contribution in [0.25, 0.3) is 0 Å². The summed E-state index contributed by atoms with van der Waals surface area (Å²) in [5, 5.41) is 3.69. The molecule has 1 aliphatic heterocycles. The number of thioether (sulfide) groups is 1. The molecule has 1 saturated heterocycles. The molecular formula is C15H23NS. The Morgan fingerprint density at radius 3 is 2.71 bits per heavy atom. The molecule has 1 aromatic rings. The molecule has 1 N–H and O–H groups in total. The number of hydrogen-bond donors (Lipinski definition) is 1. The summed E-state index contributed by atoms with van der Waals surface area (Å²) in [4.78, 5) is 0. The van der Waals surface area contributed by atoms with E-state index in [-0.39, 0.29) is 0 Å². The van der Waals surface area contributed by atoms with E-state index in [1.165, 1.54) is 24.2 Å². The van der Waals surface area contributed by atoms with Crippen LogP contribution >= 0.6 is 11.8 Å². The number of likely N-dealkylation sites (N-methyl/N-ethyl adjacent to an activating group) is 1. The van der Waals surface area contributed by atoms with Crippen molar-refractivity contribution in [2.24, 2.45) is 0 Å². The Bertz CT molecular complexity index is 330. The molecule has 1 aromatic carbocycles. The molecule has 2 rings (SSSR count). The molecule has 1 heterocycles. The summed E-state index contributed by atoms with van der Waals surface area (Å²) in [5.74, 6) is 1.33. The molecule has 2 heteroatoms. The van der Waals surface area contributed by atoms with Gasteiger partial charge in [0.25, 0.3) is 0 Å². The minimum absolute atomic E-state index is 0.422. The second kappa shape index (κ2) is 5.92. The molecular weight excluding hydrogens is 226 g/mol. The van der Waals surface area contributed by atoms with Crippen LogP contribution in [0.15, 0.2) is 30.3 Å². The fraction of sp³-hybridized carbons (Fsp3) is 0.600. The monoisotopic (exact) mass is 249 g/mol. The molecule has 2 atom stereocenters. The highest BCUT2D eigenvalue weighted by Gasteiger charge is 2.37. The summed E-state index contributed by atoms with van der Waals surface area (Å²) in [6.45, 7) is 5.70. The molecule has 0 amide bonds. The molecule has 17 heavy (non-hydrogen) atoms. The van der Waals surface area contributed by atoms with Gasteiger partial charge in [0.15, 0.2) is 0 Å². The average Bonchev–Trinajstić information content (AvgIpc) is 2.78. The van der Waals surface area contributed by atoms with Gasteiger partial charge in [0.1, 0.15) is 0 Å². The van der Waals surface area contributed by atoms with Crippen LogP contribution in [0.3, 0.4) is 0 Å². The van der Waals surface area contributed by atoms with E-state index in [4.69, 9.17) is 0 Å². The van der Waals surface area contributed by atoms with Crippen molar-refractivity contribution in [2.75, 3.05) is 12.3 Å². The zero-order valence-electron chi connectivity index (χ0n) is 10.9. The maximum Gasteiger partial charge on any atom is 0.0288 e. The number of nitrogens with one attached hydrogen (secondary N) is 1. The zero-order chi connectivity index (χ0) is 12.1. The van der Waals surface area contributed by atoms with Crippen molar-refractivity contribution in [3.63, 3.8) is 0 Å². The lowest BCUT2D eigenvalue weighted by molar-refractivity contribution is 0.406. The van der Waals surface area contributed by atoms with Crippen LogP contribution in [-0.2, 0) is 6.42 Å². The Kier molecular flexibility index (Phi) is 4.52. The molecule has 94 valence electrons. The highest BCUT2D eigenvalue weighted by atomic mass is 32.2. The van der Waals surface area contributed by atoms with E-state index in [9.17, 15) is 0 Å². The molecule has 0 saturated carbocycles. The first-order chi connectivity index (χ1) is 8.24. The Morgan fingerprint density at radius 2 is 2.12 bits per heavy atom. The maximum absolute atomic E-state index is 3.69. The predicted octanol–water partition coefficient (Wildman–Crippen LogP) is 3.49. The number of rotatable bonds is 5. The average molecular weight is 249 g/mol. The lowest BCUT2D eigenvalue weighted by atomic mass is 9.91. The van der Waals surface area contributed by atoms with Gasteiger partial charge >= 0.3 is 0 Å². The summed E-state index contributed by atoms with van der Waals surface area (Å²) < 4.78 is 0.422. The van der Waals surface area contributed by atoms with Gasteiger partial charge in [-0.3, -0.25) is 0 Å². The number of hydrogen-bond acceptors (Lipinski definition) is 2. The minimum Gasteiger partial charge on any atom is -0.313 e. The first-order valence-electron chi connectivity index (χ1n) is 6.66. The second-order valence-corrected chi connectivity index (χ2v) is 6.69. The summed E-state index contributed by atoms with van der Waals surface area (Å²) in [5.41, 5.74) is 1.45. The largest absolute Gasteiger partial charge is 0.313 e. The van der Waals surface area contributed by atoms with Crippen LogP contribution in [-0.4, -0.2) is 23.1 Å². The molecule has 0 radical (unpaired) electrons. The van der Waals surface area contributed by atoms with Crippen molar-refractivity contribution >= 4 is 11.8 Å². The van der Waals surface area contributed by atoms with Gasteiger partial charge in [0.2, 0.25) is 0 Å². The standard InChI is InChI=1S/C15H23NS/c1-3-16-14(15(2)10-7-11-17-15)12-13-8-5-4-6-9-13/h4-6,8-9,14,16H,3,7,10-12H2,1-2H3. The molecule has 2 unspecified atom stereocenters. The molecule has 0 aliphatic carbocycles. The topological polar surface area (TPSA) is 12.0 Å². The van der Waals surface area contributed by atoms with Crippen LogP contribution in [0.5, 0.6) is 0 Å². The Morgan fingerprint density at radius 1 is 1.35 bits per heavy atom. The molecule has 1 aliphatic rings. The molecule has 1 fully saturated rings.